The second kappa shape index (κ2) is 8.82. The molecule has 1 N–H and O–H groups in total. The van der Waals surface area contributed by atoms with E-state index in [0.717, 1.165) is 25.1 Å². The first-order chi connectivity index (χ1) is 11.7. The number of carbonyl (C=O) groups is 2. The minimum atomic E-state index is -4.54. The lowest BCUT2D eigenvalue weighted by Crippen LogP contribution is -2.09. The van der Waals surface area contributed by atoms with Gasteiger partial charge in [-0.05, 0) is 47.7 Å². The molecule has 0 aliphatic rings. The number of rotatable bonds is 3. The quantitative estimate of drug-likeness (QED) is 0.275. The topological polar surface area (TPSA) is 107 Å². The first kappa shape index (κ1) is 19.4. The Balaban J connectivity index is 3.06. The van der Waals surface area contributed by atoms with Gasteiger partial charge in [-0.2, -0.15) is 8.42 Å². The summed E-state index contributed by atoms with van der Waals surface area (Å²) in [6.45, 7) is 1.05. The maximum absolute atomic E-state index is 11.6. The van der Waals surface area contributed by atoms with E-state index < -0.39 is 27.0 Å². The fraction of sp³-hybridized carbons (Fsp3) is 0.0588. The summed E-state index contributed by atoms with van der Waals surface area (Å²) in [6.07, 6.45) is 4.87. The molecule has 7 nitrogen and oxygen atoms in total. The average Bonchev–Trinajstić information content (AvgIpc) is 2.51. The van der Waals surface area contributed by atoms with Crippen molar-refractivity contribution in [3.05, 3.63) is 18.2 Å². The molecule has 0 fully saturated rings. The van der Waals surface area contributed by atoms with Crippen molar-refractivity contribution in [2.24, 2.45) is 0 Å². The summed E-state index contributed by atoms with van der Waals surface area (Å²) in [5.74, 6) is 12.7. The van der Waals surface area contributed by atoms with Gasteiger partial charge in [-0.15, -0.1) is 6.42 Å². The molecule has 124 valence electrons. The van der Waals surface area contributed by atoms with Gasteiger partial charge in [0, 0.05) is 18.9 Å². The van der Waals surface area contributed by atoms with Gasteiger partial charge in [0.25, 0.3) is 10.1 Å². The monoisotopic (exact) mass is 356 g/mol. The molecule has 8 heteroatoms. The Morgan fingerprint density at radius 3 is 2.28 bits per heavy atom. The number of ether oxygens (including phenoxy) is 2. The molecular formula is C17H8O7S. The normalized spacial score (nSPS) is 8.84. The maximum Gasteiger partial charge on any atom is 0.390 e. The molecule has 0 aliphatic heterocycles. The Bertz CT molecular complexity index is 1040. The van der Waals surface area contributed by atoms with Crippen molar-refractivity contribution >= 4 is 22.1 Å². The van der Waals surface area contributed by atoms with Gasteiger partial charge in [-0.25, -0.2) is 4.79 Å². The van der Waals surface area contributed by atoms with Crippen molar-refractivity contribution < 1.29 is 32.0 Å². The number of benzene rings is 1. The van der Waals surface area contributed by atoms with Crippen molar-refractivity contribution in [1.29, 1.82) is 0 Å². The third kappa shape index (κ3) is 6.95. The lowest BCUT2D eigenvalue weighted by molar-refractivity contribution is -0.133. The highest BCUT2D eigenvalue weighted by atomic mass is 32.2. The molecule has 1 aromatic carbocycles. The fourth-order valence-corrected chi connectivity index (χ4v) is 1.80. The third-order valence-corrected chi connectivity index (χ3v) is 3.01. The predicted molar refractivity (Wildman–Crippen MR) is 85.4 cm³/mol. The van der Waals surface area contributed by atoms with Crippen LogP contribution in [-0.2, 0) is 19.7 Å². The molecule has 0 aliphatic carbocycles. The lowest BCUT2D eigenvalue weighted by atomic mass is 10.3. The third-order valence-electron chi connectivity index (χ3n) is 2.16. The second-order valence-electron chi connectivity index (χ2n) is 3.96. The number of terminal acetylenes is 1. The van der Waals surface area contributed by atoms with Gasteiger partial charge < -0.3 is 9.47 Å². The Morgan fingerprint density at radius 2 is 1.68 bits per heavy atom. The predicted octanol–water partition coefficient (Wildman–Crippen LogP) is 0.407. The summed E-state index contributed by atoms with van der Waals surface area (Å²) in [5, 5.41) is 0. The van der Waals surface area contributed by atoms with Crippen LogP contribution in [0.3, 0.4) is 0 Å². The highest BCUT2D eigenvalue weighted by Gasteiger charge is 2.17. The second-order valence-corrected chi connectivity index (χ2v) is 5.38. The summed E-state index contributed by atoms with van der Waals surface area (Å²) in [5.41, 5.74) is 0. The van der Waals surface area contributed by atoms with Gasteiger partial charge in [0.2, 0.25) is 0 Å². The van der Waals surface area contributed by atoms with Gasteiger partial charge in [0.15, 0.2) is 11.5 Å². The highest BCUT2D eigenvalue weighted by Crippen LogP contribution is 2.30. The average molecular weight is 356 g/mol. The van der Waals surface area contributed by atoms with Gasteiger partial charge in [-0.3, -0.25) is 9.35 Å². The van der Waals surface area contributed by atoms with E-state index in [1.54, 1.807) is 0 Å². The van der Waals surface area contributed by atoms with Crippen LogP contribution in [0.25, 0.3) is 0 Å². The van der Waals surface area contributed by atoms with Gasteiger partial charge in [-0.1, -0.05) is 0 Å². The van der Waals surface area contributed by atoms with Gasteiger partial charge >= 0.3 is 11.9 Å². The molecule has 0 spiro atoms. The van der Waals surface area contributed by atoms with Crippen LogP contribution in [0, 0.1) is 47.9 Å². The van der Waals surface area contributed by atoms with E-state index >= 15 is 0 Å². The van der Waals surface area contributed by atoms with Crippen LogP contribution < -0.4 is 9.47 Å². The molecule has 25 heavy (non-hydrogen) atoms. The van der Waals surface area contributed by atoms with E-state index in [1.165, 1.54) is 0 Å². The van der Waals surface area contributed by atoms with E-state index in [9.17, 15) is 18.0 Å². The molecule has 1 aromatic rings. The van der Waals surface area contributed by atoms with E-state index in [0.29, 0.717) is 0 Å². The van der Waals surface area contributed by atoms with Crippen LogP contribution in [0.5, 0.6) is 11.5 Å². The molecule has 0 radical (unpaired) electrons. The van der Waals surface area contributed by atoms with Crippen LogP contribution in [0.15, 0.2) is 23.1 Å². The lowest BCUT2D eigenvalue weighted by Gasteiger charge is -2.08. The first-order valence-corrected chi connectivity index (χ1v) is 7.66. The molecule has 0 unspecified atom stereocenters. The van der Waals surface area contributed by atoms with Gasteiger partial charge in [0.1, 0.15) is 0 Å². The van der Waals surface area contributed by atoms with Crippen LogP contribution in [0.2, 0.25) is 0 Å². The number of esters is 2. The maximum atomic E-state index is 11.6. The minimum absolute atomic E-state index is 0.276. The molecule has 0 heterocycles. The summed E-state index contributed by atoms with van der Waals surface area (Å²) < 4.78 is 40.8. The largest absolute Gasteiger partial charge is 0.423 e. The summed E-state index contributed by atoms with van der Waals surface area (Å²) in [6, 6.07) is 2.79. The summed E-state index contributed by atoms with van der Waals surface area (Å²) in [7, 11) is -4.54. The van der Waals surface area contributed by atoms with Crippen molar-refractivity contribution in [2.75, 3.05) is 0 Å². The standard InChI is InChI=1S/C17H8O7S/c1-3-4-5-6-7-8-9-17(19)24-15-11-10-14(25(20,21)22)12-16(15)23-13(2)18/h1,10-12H,2H3,(H,20,21,22). The van der Waals surface area contributed by atoms with E-state index in [-0.39, 0.29) is 11.5 Å². The van der Waals surface area contributed by atoms with Crippen molar-refractivity contribution in [1.82, 2.24) is 0 Å². The van der Waals surface area contributed by atoms with Crippen LogP contribution in [-0.4, -0.2) is 24.9 Å². The number of hydrogen-bond acceptors (Lipinski definition) is 6. The Labute approximate surface area is 144 Å². The molecule has 0 saturated carbocycles. The van der Waals surface area contributed by atoms with Crippen LogP contribution in [0.4, 0.5) is 0 Å². The Morgan fingerprint density at radius 1 is 1.04 bits per heavy atom. The molecule has 0 bridgehead atoms. The zero-order valence-corrected chi connectivity index (χ0v) is 13.4. The van der Waals surface area contributed by atoms with Crippen LogP contribution in [0.1, 0.15) is 6.92 Å². The summed E-state index contributed by atoms with van der Waals surface area (Å²) in [4.78, 5) is 22.1. The van der Waals surface area contributed by atoms with Crippen molar-refractivity contribution in [2.45, 2.75) is 11.8 Å². The van der Waals surface area contributed by atoms with Crippen molar-refractivity contribution in [3.63, 3.8) is 0 Å². The van der Waals surface area contributed by atoms with E-state index in [4.69, 9.17) is 20.4 Å². The zero-order valence-electron chi connectivity index (χ0n) is 12.6. The molecule has 0 atom stereocenters. The zero-order chi connectivity index (χ0) is 18.9. The summed E-state index contributed by atoms with van der Waals surface area (Å²) >= 11 is 0. The number of hydrogen-bond donors (Lipinski definition) is 1. The molecule has 0 aromatic heterocycles. The molecule has 0 amide bonds. The van der Waals surface area contributed by atoms with E-state index in [2.05, 4.69) is 29.6 Å². The minimum Gasteiger partial charge on any atom is -0.423 e. The SMILES string of the molecule is C#CC#CC#CC#CC(=O)Oc1ccc(S(=O)(=O)O)cc1OC(C)=O. The fourth-order valence-electron chi connectivity index (χ4n) is 1.31. The highest BCUT2D eigenvalue weighted by molar-refractivity contribution is 7.85. The van der Waals surface area contributed by atoms with Crippen molar-refractivity contribution in [3.8, 4) is 59.4 Å². The molecular weight excluding hydrogens is 348 g/mol. The number of carbonyl (C=O) groups excluding carboxylic acids is 2. The van der Waals surface area contributed by atoms with Crippen LogP contribution >= 0.6 is 0 Å². The Hall–Kier alpha value is -3.69. The molecule has 0 saturated heterocycles. The molecule has 1 rings (SSSR count). The smallest absolute Gasteiger partial charge is 0.390 e. The van der Waals surface area contributed by atoms with Gasteiger partial charge in [0.05, 0.1) is 4.90 Å². The van der Waals surface area contributed by atoms with E-state index in [1.807, 2.05) is 11.8 Å². The Kier molecular flexibility index (Phi) is 6.83. The first-order valence-electron chi connectivity index (χ1n) is 6.22.